The summed E-state index contributed by atoms with van der Waals surface area (Å²) in [5.41, 5.74) is 7.37. The average molecular weight is 610 g/mol. The molecule has 0 unspecified atom stereocenters. The van der Waals surface area contributed by atoms with Crippen molar-refractivity contribution in [3.8, 4) is 0 Å². The van der Waals surface area contributed by atoms with Crippen molar-refractivity contribution in [1.29, 1.82) is 0 Å². The number of nitrogens with one attached hydrogen (secondary N) is 2. The summed E-state index contributed by atoms with van der Waals surface area (Å²) in [6, 6.07) is 10.0. The number of aromatic nitrogens is 1. The molecule has 2 heterocycles. The van der Waals surface area contributed by atoms with Crippen molar-refractivity contribution < 1.29 is 18.4 Å². The number of hydrogen-bond acceptors (Lipinski definition) is 6. The van der Waals surface area contributed by atoms with Gasteiger partial charge in [-0.05, 0) is 92.9 Å². The van der Waals surface area contributed by atoms with Gasteiger partial charge in [0.05, 0.1) is 12.1 Å². The third-order valence-electron chi connectivity index (χ3n) is 8.17. The lowest BCUT2D eigenvalue weighted by atomic mass is 9.96. The standard InChI is InChI=1S/C34H45F2N5O2.CH4/c1-23(2)39-30(8-4-7-19-41-17-5-3-6-18-41)34(43)40-31(22-25-10-13-28(35)29(36)21-25)32(42)14-11-24-9-12-27-26(20-24)15-16-38-33(27)37;/h9-10,12-13,15-16,20-21,23,30-31,39H,3-8,11,14,17-19,22H2,1-2H3,(H2,37,38)(H,40,43);1H4/t30-,31+;/m1./s1. The van der Waals surface area contributed by atoms with Gasteiger partial charge in [-0.25, -0.2) is 13.8 Å². The summed E-state index contributed by atoms with van der Waals surface area (Å²) in [4.78, 5) is 33.7. The monoisotopic (exact) mass is 609 g/mol. The molecule has 0 radical (unpaired) electrons. The second-order valence-electron chi connectivity index (χ2n) is 12.0. The summed E-state index contributed by atoms with van der Waals surface area (Å²) >= 11 is 0. The van der Waals surface area contributed by atoms with E-state index in [9.17, 15) is 18.4 Å². The first kappa shape index (κ1) is 35.1. The highest BCUT2D eigenvalue weighted by molar-refractivity contribution is 5.92. The first-order valence-electron chi connectivity index (χ1n) is 15.6. The van der Waals surface area contributed by atoms with Crippen molar-refractivity contribution in [2.75, 3.05) is 25.4 Å². The molecule has 1 aromatic heterocycles. The van der Waals surface area contributed by atoms with E-state index in [1.165, 1.54) is 25.3 Å². The van der Waals surface area contributed by atoms with Gasteiger partial charge in [0.25, 0.3) is 0 Å². The van der Waals surface area contributed by atoms with Gasteiger partial charge < -0.3 is 21.3 Å². The quantitative estimate of drug-likeness (QED) is 0.183. The number of unbranched alkanes of at least 4 members (excludes halogenated alkanes) is 1. The molecular weight excluding hydrogens is 560 g/mol. The summed E-state index contributed by atoms with van der Waals surface area (Å²) in [5, 5.41) is 8.11. The van der Waals surface area contributed by atoms with Gasteiger partial charge in [0.2, 0.25) is 5.91 Å². The van der Waals surface area contributed by atoms with Gasteiger partial charge in [-0.1, -0.05) is 58.4 Å². The Kier molecular flexibility index (Phi) is 13.7. The Labute approximate surface area is 261 Å². The minimum Gasteiger partial charge on any atom is -0.383 e. The molecule has 1 fully saturated rings. The van der Waals surface area contributed by atoms with E-state index < -0.39 is 23.7 Å². The van der Waals surface area contributed by atoms with E-state index in [1.54, 1.807) is 6.20 Å². The number of rotatable bonds is 15. The number of benzene rings is 2. The van der Waals surface area contributed by atoms with Crippen LogP contribution < -0.4 is 16.4 Å². The molecule has 0 spiro atoms. The van der Waals surface area contributed by atoms with Crippen LogP contribution in [0.25, 0.3) is 10.8 Å². The second kappa shape index (κ2) is 17.2. The van der Waals surface area contributed by atoms with Crippen molar-refractivity contribution in [2.45, 2.75) is 97.2 Å². The van der Waals surface area contributed by atoms with Crippen LogP contribution in [0.3, 0.4) is 0 Å². The zero-order chi connectivity index (χ0) is 30.8. The molecule has 4 rings (SSSR count). The number of nitrogens with zero attached hydrogens (tertiary/aromatic N) is 2. The molecule has 240 valence electrons. The normalized spacial score (nSPS) is 15.1. The maximum absolute atomic E-state index is 14.0. The Hall–Kier alpha value is -3.43. The Bertz CT molecular complexity index is 1380. The molecule has 2 atom stereocenters. The lowest BCUT2D eigenvalue weighted by Crippen LogP contribution is -2.52. The molecule has 1 aliphatic rings. The minimum absolute atomic E-state index is 0. The summed E-state index contributed by atoms with van der Waals surface area (Å²) < 4.78 is 27.6. The van der Waals surface area contributed by atoms with E-state index in [-0.39, 0.29) is 38.0 Å². The fourth-order valence-corrected chi connectivity index (χ4v) is 5.83. The van der Waals surface area contributed by atoms with Crippen molar-refractivity contribution in [1.82, 2.24) is 20.5 Å². The topological polar surface area (TPSA) is 100 Å². The summed E-state index contributed by atoms with van der Waals surface area (Å²) in [6.45, 7) is 7.31. The number of ketones is 1. The number of fused-ring (bicyclic) bond motifs is 1. The number of amides is 1. The number of carbonyl (C=O) groups is 2. The Morgan fingerprint density at radius 1 is 0.955 bits per heavy atom. The SMILES string of the molecule is C.CC(C)N[C@H](CCCCN1CCCCC1)C(=O)N[C@@H](Cc1ccc(F)c(F)c1)C(=O)CCc1ccc2c(N)nccc2c1. The van der Waals surface area contributed by atoms with Crippen LogP contribution in [0.4, 0.5) is 14.6 Å². The number of likely N-dealkylation sites (tertiary alicyclic amines) is 1. The molecule has 1 amide bonds. The first-order valence-corrected chi connectivity index (χ1v) is 15.6. The number of anilines is 1. The molecule has 0 bridgehead atoms. The number of hydrogen-bond donors (Lipinski definition) is 3. The third-order valence-corrected chi connectivity index (χ3v) is 8.17. The van der Waals surface area contributed by atoms with E-state index in [0.29, 0.717) is 24.2 Å². The Morgan fingerprint density at radius 2 is 1.70 bits per heavy atom. The zero-order valence-electron chi connectivity index (χ0n) is 25.4. The summed E-state index contributed by atoms with van der Waals surface area (Å²) in [7, 11) is 0. The Balaban J connectivity index is 0.00000529. The largest absolute Gasteiger partial charge is 0.383 e. The van der Waals surface area contributed by atoms with E-state index in [4.69, 9.17) is 5.73 Å². The molecule has 4 N–H and O–H groups in total. The molecule has 44 heavy (non-hydrogen) atoms. The fraction of sp³-hybridized carbons (Fsp3) is 0.514. The zero-order valence-corrected chi connectivity index (χ0v) is 25.4. The van der Waals surface area contributed by atoms with Gasteiger partial charge in [-0.15, -0.1) is 0 Å². The van der Waals surface area contributed by atoms with Crippen LogP contribution in [-0.2, 0) is 22.4 Å². The van der Waals surface area contributed by atoms with E-state index in [0.717, 1.165) is 60.9 Å². The second-order valence-corrected chi connectivity index (χ2v) is 12.0. The van der Waals surface area contributed by atoms with Crippen LogP contribution in [0.5, 0.6) is 0 Å². The summed E-state index contributed by atoms with van der Waals surface area (Å²) in [6.07, 6.45) is 8.72. The number of aryl methyl sites for hydroxylation is 1. The first-order chi connectivity index (χ1) is 20.7. The van der Waals surface area contributed by atoms with E-state index >= 15 is 0 Å². The fourth-order valence-electron chi connectivity index (χ4n) is 5.83. The number of Topliss-reactive ketones (excluding diaryl/α,β-unsaturated/α-hetero) is 1. The molecule has 1 saturated heterocycles. The maximum atomic E-state index is 14.0. The predicted molar refractivity (Wildman–Crippen MR) is 174 cm³/mol. The number of carbonyl (C=O) groups excluding carboxylic acids is 2. The number of nitrogen functional groups attached to an aromatic ring is 1. The molecule has 2 aromatic carbocycles. The smallest absolute Gasteiger partial charge is 0.237 e. The predicted octanol–water partition coefficient (Wildman–Crippen LogP) is 5.98. The highest BCUT2D eigenvalue weighted by Gasteiger charge is 2.26. The highest BCUT2D eigenvalue weighted by Crippen LogP contribution is 2.21. The minimum atomic E-state index is -0.979. The van der Waals surface area contributed by atoms with Crippen LogP contribution in [0.2, 0.25) is 0 Å². The maximum Gasteiger partial charge on any atom is 0.237 e. The number of pyridine rings is 1. The molecule has 9 heteroatoms. The molecule has 0 aliphatic carbocycles. The van der Waals surface area contributed by atoms with Crippen LogP contribution >= 0.6 is 0 Å². The van der Waals surface area contributed by atoms with Crippen LogP contribution in [-0.4, -0.2) is 59.3 Å². The van der Waals surface area contributed by atoms with E-state index in [2.05, 4.69) is 20.5 Å². The molecule has 7 nitrogen and oxygen atoms in total. The molecule has 1 aliphatic heterocycles. The summed E-state index contributed by atoms with van der Waals surface area (Å²) in [5.74, 6) is -1.89. The van der Waals surface area contributed by atoms with Crippen molar-refractivity contribution >= 4 is 28.3 Å². The molecular formula is C35H49F2N5O2. The van der Waals surface area contributed by atoms with Gasteiger partial charge in [0.15, 0.2) is 17.4 Å². The van der Waals surface area contributed by atoms with Crippen molar-refractivity contribution in [3.63, 3.8) is 0 Å². The third kappa shape index (κ3) is 10.3. The number of nitrogens with two attached hydrogens (primary N) is 1. The Morgan fingerprint density at radius 3 is 2.43 bits per heavy atom. The van der Waals surface area contributed by atoms with Crippen LogP contribution in [0.15, 0.2) is 48.7 Å². The van der Waals surface area contributed by atoms with Crippen LogP contribution in [0.1, 0.15) is 77.3 Å². The van der Waals surface area contributed by atoms with E-state index in [1.807, 2.05) is 38.1 Å². The van der Waals surface area contributed by atoms with Gasteiger partial charge in [0.1, 0.15) is 5.82 Å². The van der Waals surface area contributed by atoms with Gasteiger partial charge in [0, 0.05) is 24.0 Å². The molecule has 3 aromatic rings. The average Bonchev–Trinajstić information content (AvgIpc) is 2.99. The lowest BCUT2D eigenvalue weighted by Gasteiger charge is -2.27. The van der Waals surface area contributed by atoms with Gasteiger partial charge >= 0.3 is 0 Å². The van der Waals surface area contributed by atoms with Gasteiger partial charge in [-0.3, -0.25) is 9.59 Å². The van der Waals surface area contributed by atoms with Crippen LogP contribution in [0, 0.1) is 11.6 Å². The highest BCUT2D eigenvalue weighted by atomic mass is 19.2. The number of halogens is 2. The lowest BCUT2D eigenvalue weighted by molar-refractivity contribution is -0.129. The van der Waals surface area contributed by atoms with Crippen molar-refractivity contribution in [3.05, 3.63) is 71.4 Å². The molecule has 0 saturated carbocycles. The van der Waals surface area contributed by atoms with Gasteiger partial charge in [-0.2, -0.15) is 0 Å². The number of piperidine rings is 1. The van der Waals surface area contributed by atoms with Crippen molar-refractivity contribution in [2.24, 2.45) is 0 Å².